The van der Waals surface area contributed by atoms with E-state index in [-0.39, 0.29) is 6.61 Å². The Kier molecular flexibility index (Phi) is 6.05. The van der Waals surface area contributed by atoms with Crippen molar-refractivity contribution in [1.29, 1.82) is 0 Å². The van der Waals surface area contributed by atoms with Gasteiger partial charge in [0.2, 0.25) is 0 Å². The Morgan fingerprint density at radius 1 is 1.11 bits per heavy atom. The van der Waals surface area contributed by atoms with Gasteiger partial charge >= 0.3 is 5.97 Å². The molecule has 9 heteroatoms. The quantitative estimate of drug-likeness (QED) is 0.605. The molecule has 0 fully saturated rings. The first-order valence-corrected chi connectivity index (χ1v) is 9.55. The number of benzene rings is 1. The third-order valence-corrected chi connectivity index (χ3v) is 5.09. The van der Waals surface area contributed by atoms with Gasteiger partial charge < -0.3 is 14.2 Å². The van der Waals surface area contributed by atoms with Gasteiger partial charge in [0.05, 0.1) is 19.9 Å². The lowest BCUT2D eigenvalue weighted by Gasteiger charge is -2.08. The zero-order chi connectivity index (χ0) is 19.2. The molecule has 0 unspecified atom stereocenters. The molecule has 27 heavy (non-hydrogen) atoms. The minimum absolute atomic E-state index is 0.373. The Balaban J connectivity index is 1.60. The number of thiophene rings is 1. The largest absolute Gasteiger partial charge is 0.493 e. The number of thiazole rings is 1. The molecule has 3 rings (SSSR count). The highest BCUT2D eigenvalue weighted by Crippen LogP contribution is 2.33. The van der Waals surface area contributed by atoms with E-state index >= 15 is 0 Å². The third kappa shape index (κ3) is 4.63. The summed E-state index contributed by atoms with van der Waals surface area (Å²) < 4.78 is 15.5. The maximum atomic E-state index is 12.0. The summed E-state index contributed by atoms with van der Waals surface area (Å²) in [6.45, 7) is -0.373. The standard InChI is InChI=1S/C18H16N2O5S2/c1-23-13-6-5-11(8-14(13)24-2)12-10-27-18(19-12)20-16(21)9-25-17(22)15-4-3-7-26-15/h3-8,10H,9H2,1-2H3,(H,19,20,21). The number of methoxy groups -OCH3 is 2. The van der Waals surface area contributed by atoms with Gasteiger partial charge in [-0.1, -0.05) is 6.07 Å². The molecule has 0 aliphatic heterocycles. The lowest BCUT2D eigenvalue weighted by atomic mass is 10.1. The second kappa shape index (κ2) is 8.65. The number of ether oxygens (including phenoxy) is 3. The molecular weight excluding hydrogens is 388 g/mol. The molecule has 0 atom stereocenters. The van der Waals surface area contributed by atoms with Crippen molar-refractivity contribution >= 4 is 39.7 Å². The van der Waals surface area contributed by atoms with Gasteiger partial charge in [0, 0.05) is 10.9 Å². The molecule has 2 aromatic heterocycles. The fourth-order valence-electron chi connectivity index (χ4n) is 2.21. The van der Waals surface area contributed by atoms with Crippen molar-refractivity contribution in [3.63, 3.8) is 0 Å². The predicted molar refractivity (Wildman–Crippen MR) is 104 cm³/mol. The SMILES string of the molecule is COc1ccc(-c2csc(NC(=O)COC(=O)c3cccs3)n2)cc1OC. The number of hydrogen-bond acceptors (Lipinski definition) is 8. The van der Waals surface area contributed by atoms with E-state index in [1.165, 1.54) is 22.7 Å². The summed E-state index contributed by atoms with van der Waals surface area (Å²) >= 11 is 2.53. The van der Waals surface area contributed by atoms with E-state index in [1.807, 2.05) is 17.5 Å². The van der Waals surface area contributed by atoms with Crippen molar-refractivity contribution in [2.45, 2.75) is 0 Å². The number of anilines is 1. The van der Waals surface area contributed by atoms with Crippen LogP contribution in [0, 0.1) is 0 Å². The number of rotatable bonds is 7. The average Bonchev–Trinajstić information content (AvgIpc) is 3.37. The van der Waals surface area contributed by atoms with Crippen LogP contribution in [0.4, 0.5) is 5.13 Å². The molecule has 0 aliphatic rings. The number of carbonyl (C=O) groups excluding carboxylic acids is 2. The summed E-state index contributed by atoms with van der Waals surface area (Å²) in [6, 6.07) is 8.83. The van der Waals surface area contributed by atoms with Crippen molar-refractivity contribution in [1.82, 2.24) is 4.98 Å². The number of amides is 1. The van der Waals surface area contributed by atoms with Gasteiger partial charge in [-0.15, -0.1) is 22.7 Å². The normalized spacial score (nSPS) is 10.3. The van der Waals surface area contributed by atoms with Crippen LogP contribution in [0.25, 0.3) is 11.3 Å². The van der Waals surface area contributed by atoms with Gasteiger partial charge in [0.25, 0.3) is 5.91 Å². The van der Waals surface area contributed by atoms with Crippen molar-refractivity contribution in [3.05, 3.63) is 46.0 Å². The van der Waals surface area contributed by atoms with E-state index in [0.29, 0.717) is 27.2 Å². The van der Waals surface area contributed by atoms with Crippen LogP contribution in [-0.4, -0.2) is 37.7 Å². The Morgan fingerprint density at radius 2 is 1.93 bits per heavy atom. The molecule has 0 radical (unpaired) electrons. The molecule has 7 nitrogen and oxygen atoms in total. The summed E-state index contributed by atoms with van der Waals surface area (Å²) in [7, 11) is 3.13. The van der Waals surface area contributed by atoms with Gasteiger partial charge in [-0.2, -0.15) is 0 Å². The molecule has 1 aromatic carbocycles. The lowest BCUT2D eigenvalue weighted by molar-refractivity contribution is -0.119. The van der Waals surface area contributed by atoms with Crippen LogP contribution < -0.4 is 14.8 Å². The van der Waals surface area contributed by atoms with Crippen molar-refractivity contribution in [2.75, 3.05) is 26.1 Å². The summed E-state index contributed by atoms with van der Waals surface area (Å²) in [4.78, 5) is 28.5. The van der Waals surface area contributed by atoms with E-state index in [0.717, 1.165) is 5.56 Å². The van der Waals surface area contributed by atoms with Crippen molar-refractivity contribution in [3.8, 4) is 22.8 Å². The predicted octanol–water partition coefficient (Wildman–Crippen LogP) is 3.68. The number of nitrogens with zero attached hydrogens (tertiary/aromatic N) is 1. The van der Waals surface area contributed by atoms with Crippen molar-refractivity contribution < 1.29 is 23.8 Å². The monoisotopic (exact) mass is 404 g/mol. The second-order valence-electron chi connectivity index (χ2n) is 5.21. The molecule has 2 heterocycles. The first kappa shape index (κ1) is 18.9. The Hall–Kier alpha value is -2.91. The molecular formula is C18H16N2O5S2. The third-order valence-electron chi connectivity index (χ3n) is 3.49. The highest BCUT2D eigenvalue weighted by Gasteiger charge is 2.13. The fraction of sp³-hybridized carbons (Fsp3) is 0.167. The molecule has 0 aliphatic carbocycles. The van der Waals surface area contributed by atoms with Crippen LogP contribution in [0.15, 0.2) is 41.1 Å². The minimum Gasteiger partial charge on any atom is -0.493 e. The highest BCUT2D eigenvalue weighted by molar-refractivity contribution is 7.14. The zero-order valence-electron chi connectivity index (χ0n) is 14.6. The maximum Gasteiger partial charge on any atom is 0.348 e. The Morgan fingerprint density at radius 3 is 2.63 bits per heavy atom. The van der Waals surface area contributed by atoms with E-state index in [4.69, 9.17) is 14.2 Å². The number of aromatic nitrogens is 1. The summed E-state index contributed by atoms with van der Waals surface area (Å²) in [5.74, 6) is 0.241. The van der Waals surface area contributed by atoms with Gasteiger partial charge in [-0.25, -0.2) is 9.78 Å². The molecule has 1 amide bonds. The van der Waals surface area contributed by atoms with Crippen LogP contribution in [0.3, 0.4) is 0 Å². The van der Waals surface area contributed by atoms with E-state index in [2.05, 4.69) is 10.3 Å². The zero-order valence-corrected chi connectivity index (χ0v) is 16.2. The molecule has 0 bridgehead atoms. The molecule has 0 saturated carbocycles. The Labute approximate surface area is 163 Å². The van der Waals surface area contributed by atoms with Gasteiger partial charge in [0.15, 0.2) is 23.2 Å². The van der Waals surface area contributed by atoms with E-state index in [9.17, 15) is 9.59 Å². The molecule has 3 aromatic rings. The Bertz CT molecular complexity index is 937. The molecule has 0 saturated heterocycles. The molecule has 1 N–H and O–H groups in total. The number of hydrogen-bond donors (Lipinski definition) is 1. The minimum atomic E-state index is -0.523. The number of esters is 1. The van der Waals surface area contributed by atoms with Crippen LogP contribution in [-0.2, 0) is 9.53 Å². The van der Waals surface area contributed by atoms with Gasteiger partial charge in [-0.05, 0) is 29.6 Å². The number of carbonyl (C=O) groups is 2. The van der Waals surface area contributed by atoms with Gasteiger partial charge in [-0.3, -0.25) is 10.1 Å². The van der Waals surface area contributed by atoms with Crippen molar-refractivity contribution in [2.24, 2.45) is 0 Å². The smallest absolute Gasteiger partial charge is 0.348 e. The number of nitrogens with one attached hydrogen (secondary N) is 1. The lowest BCUT2D eigenvalue weighted by Crippen LogP contribution is -2.20. The molecule has 140 valence electrons. The second-order valence-corrected chi connectivity index (χ2v) is 7.02. The summed E-state index contributed by atoms with van der Waals surface area (Å²) in [5, 5.41) is 6.62. The highest BCUT2D eigenvalue weighted by atomic mass is 32.1. The average molecular weight is 404 g/mol. The first-order chi connectivity index (χ1) is 13.1. The van der Waals surface area contributed by atoms with Crippen LogP contribution >= 0.6 is 22.7 Å². The van der Waals surface area contributed by atoms with Crippen LogP contribution in [0.2, 0.25) is 0 Å². The van der Waals surface area contributed by atoms with Gasteiger partial charge in [0.1, 0.15) is 4.88 Å². The summed E-state index contributed by atoms with van der Waals surface area (Å²) in [6.07, 6.45) is 0. The fourth-order valence-corrected chi connectivity index (χ4v) is 3.56. The van der Waals surface area contributed by atoms with Crippen LogP contribution in [0.1, 0.15) is 9.67 Å². The summed E-state index contributed by atoms with van der Waals surface area (Å²) in [5.41, 5.74) is 1.51. The van der Waals surface area contributed by atoms with E-state index < -0.39 is 11.9 Å². The van der Waals surface area contributed by atoms with E-state index in [1.54, 1.807) is 37.8 Å². The van der Waals surface area contributed by atoms with Crippen LogP contribution in [0.5, 0.6) is 11.5 Å². The maximum absolute atomic E-state index is 12.0. The topological polar surface area (TPSA) is 86.8 Å². The first-order valence-electron chi connectivity index (χ1n) is 7.79. The molecule has 0 spiro atoms.